The first-order valence-electron chi connectivity index (χ1n) is 9.69. The van der Waals surface area contributed by atoms with Gasteiger partial charge in [0.25, 0.3) is 0 Å². The summed E-state index contributed by atoms with van der Waals surface area (Å²) in [5, 5.41) is 0.777. The summed E-state index contributed by atoms with van der Waals surface area (Å²) in [7, 11) is 1.59. The third-order valence-corrected chi connectivity index (χ3v) is 5.80. The number of halogens is 1. The minimum absolute atomic E-state index is 0.178. The number of aldehydes is 1. The number of methoxy groups -OCH3 is 1. The van der Waals surface area contributed by atoms with Crippen molar-refractivity contribution in [1.29, 1.82) is 0 Å². The fourth-order valence-corrected chi connectivity index (χ4v) is 4.25. The van der Waals surface area contributed by atoms with Crippen LogP contribution in [0.3, 0.4) is 0 Å². The van der Waals surface area contributed by atoms with Crippen molar-refractivity contribution in [3.05, 3.63) is 88.0 Å². The molecule has 0 amide bonds. The molecule has 0 aliphatic heterocycles. The van der Waals surface area contributed by atoms with Gasteiger partial charge in [-0.25, -0.2) is 0 Å². The second kappa shape index (κ2) is 8.78. The van der Waals surface area contributed by atoms with Gasteiger partial charge in [0.2, 0.25) is 5.78 Å². The average Bonchev–Trinajstić information content (AvgIpc) is 3.08. The van der Waals surface area contributed by atoms with Gasteiger partial charge in [0.1, 0.15) is 11.5 Å². The van der Waals surface area contributed by atoms with Gasteiger partial charge in [0, 0.05) is 16.8 Å². The number of nitrogens with zero attached hydrogens (tertiary/aromatic N) is 1. The molecule has 0 bridgehead atoms. The predicted octanol–water partition coefficient (Wildman–Crippen LogP) is 5.78. The van der Waals surface area contributed by atoms with Crippen LogP contribution in [0.4, 0.5) is 0 Å². The molecule has 0 N–H and O–H groups in total. The topological polar surface area (TPSA) is 57.5 Å². The highest BCUT2D eigenvalue weighted by atomic mass is 79.9. The van der Waals surface area contributed by atoms with Crippen molar-refractivity contribution in [3.63, 3.8) is 0 Å². The molecule has 0 radical (unpaired) electrons. The molecule has 3 aromatic carbocycles. The highest BCUT2D eigenvalue weighted by Gasteiger charge is 2.23. The number of hydrogen-bond donors (Lipinski definition) is 0. The molecule has 31 heavy (non-hydrogen) atoms. The van der Waals surface area contributed by atoms with Crippen LogP contribution < -0.4 is 9.47 Å². The highest BCUT2D eigenvalue weighted by molar-refractivity contribution is 9.10. The summed E-state index contributed by atoms with van der Waals surface area (Å²) in [6.45, 7) is 1.73. The Hall–Kier alpha value is -3.38. The fourth-order valence-electron chi connectivity index (χ4n) is 3.76. The van der Waals surface area contributed by atoms with E-state index in [1.165, 1.54) is 0 Å². The van der Waals surface area contributed by atoms with Gasteiger partial charge in [-0.2, -0.15) is 0 Å². The van der Waals surface area contributed by atoms with Gasteiger partial charge in [-0.15, -0.1) is 0 Å². The molecule has 0 unspecified atom stereocenters. The summed E-state index contributed by atoms with van der Waals surface area (Å²) >= 11 is 3.55. The van der Waals surface area contributed by atoms with Crippen LogP contribution in [-0.4, -0.2) is 30.4 Å². The number of ketones is 1. The molecule has 1 heterocycles. The van der Waals surface area contributed by atoms with E-state index in [9.17, 15) is 9.59 Å². The number of fused-ring (bicyclic) bond motifs is 1. The third-order valence-electron chi connectivity index (χ3n) is 5.18. The molecule has 6 heteroatoms. The summed E-state index contributed by atoms with van der Waals surface area (Å²) in [6.07, 6.45) is 0.717. The van der Waals surface area contributed by atoms with E-state index in [-0.39, 0.29) is 12.4 Å². The zero-order valence-electron chi connectivity index (χ0n) is 17.1. The molecule has 0 aliphatic rings. The normalized spacial score (nSPS) is 10.8. The van der Waals surface area contributed by atoms with E-state index in [4.69, 9.17) is 9.47 Å². The minimum atomic E-state index is -0.183. The minimum Gasteiger partial charge on any atom is -0.496 e. The molecule has 0 saturated carbocycles. The van der Waals surface area contributed by atoms with E-state index < -0.39 is 0 Å². The van der Waals surface area contributed by atoms with Crippen LogP contribution in [0.5, 0.6) is 11.5 Å². The number of hydrogen-bond acceptors (Lipinski definition) is 4. The van der Waals surface area contributed by atoms with Crippen molar-refractivity contribution < 1.29 is 19.1 Å². The third kappa shape index (κ3) is 3.86. The van der Waals surface area contributed by atoms with Crippen molar-refractivity contribution in [2.45, 2.75) is 6.92 Å². The monoisotopic (exact) mass is 477 g/mol. The average molecular weight is 478 g/mol. The summed E-state index contributed by atoms with van der Waals surface area (Å²) in [4.78, 5) is 24.5. The van der Waals surface area contributed by atoms with Crippen molar-refractivity contribution in [2.24, 2.45) is 0 Å². The van der Waals surface area contributed by atoms with Gasteiger partial charge in [0.15, 0.2) is 12.9 Å². The van der Waals surface area contributed by atoms with Crippen LogP contribution in [0.1, 0.15) is 26.4 Å². The van der Waals surface area contributed by atoms with Crippen LogP contribution in [0.2, 0.25) is 0 Å². The maximum atomic E-state index is 13.3. The van der Waals surface area contributed by atoms with Gasteiger partial charge in [-0.3, -0.25) is 9.59 Å². The number of ether oxygens (including phenoxy) is 2. The standard InChI is InChI=1S/C25H20BrNO4/c1-16-25(22(29)15-31-23-11-7-6-8-17(23)14-28)19-12-24(30-2)20(26)13-21(19)27(16)18-9-4-3-5-10-18/h3-14H,15H2,1-2H3. The summed E-state index contributed by atoms with van der Waals surface area (Å²) < 4.78 is 14.0. The van der Waals surface area contributed by atoms with Gasteiger partial charge in [-0.05, 0) is 59.3 Å². The van der Waals surface area contributed by atoms with Crippen molar-refractivity contribution in [1.82, 2.24) is 4.57 Å². The smallest absolute Gasteiger partial charge is 0.202 e. The Morgan fingerprint density at radius 3 is 2.45 bits per heavy atom. The quantitative estimate of drug-likeness (QED) is 0.250. The fraction of sp³-hybridized carbons (Fsp3) is 0.120. The Balaban J connectivity index is 1.82. The Labute approximate surface area is 188 Å². The molecule has 156 valence electrons. The lowest BCUT2D eigenvalue weighted by molar-refractivity contribution is 0.0919. The largest absolute Gasteiger partial charge is 0.496 e. The van der Waals surface area contributed by atoms with Crippen molar-refractivity contribution in [3.8, 4) is 17.2 Å². The second-order valence-corrected chi connectivity index (χ2v) is 7.86. The molecule has 0 fully saturated rings. The Kier molecular flexibility index (Phi) is 5.91. The first-order valence-corrected chi connectivity index (χ1v) is 10.5. The zero-order chi connectivity index (χ0) is 22.0. The highest BCUT2D eigenvalue weighted by Crippen LogP contribution is 2.36. The summed E-state index contributed by atoms with van der Waals surface area (Å²) in [5.74, 6) is 0.844. The molecule has 0 saturated heterocycles. The number of benzene rings is 3. The number of carbonyl (C=O) groups excluding carboxylic acids is 2. The van der Waals surface area contributed by atoms with Crippen LogP contribution in [0.25, 0.3) is 16.6 Å². The zero-order valence-corrected chi connectivity index (χ0v) is 18.7. The van der Waals surface area contributed by atoms with Gasteiger partial charge < -0.3 is 14.0 Å². The van der Waals surface area contributed by atoms with E-state index >= 15 is 0 Å². The van der Waals surface area contributed by atoms with Crippen molar-refractivity contribution >= 4 is 38.9 Å². The molecule has 4 aromatic rings. The number of para-hydroxylation sites is 2. The SMILES string of the molecule is COc1cc2c(C(=O)COc3ccccc3C=O)c(C)n(-c3ccccc3)c2cc1Br. The second-order valence-electron chi connectivity index (χ2n) is 7.00. The Morgan fingerprint density at radius 1 is 1.03 bits per heavy atom. The van der Waals surface area contributed by atoms with Crippen LogP contribution >= 0.6 is 15.9 Å². The number of rotatable bonds is 7. The lowest BCUT2D eigenvalue weighted by Gasteiger charge is -2.10. The van der Waals surface area contributed by atoms with Crippen molar-refractivity contribution in [2.75, 3.05) is 13.7 Å². The predicted molar refractivity (Wildman–Crippen MR) is 124 cm³/mol. The van der Waals surface area contributed by atoms with Crippen LogP contribution in [-0.2, 0) is 0 Å². The van der Waals surface area contributed by atoms with E-state index in [0.717, 1.165) is 26.8 Å². The molecule has 5 nitrogen and oxygen atoms in total. The first kappa shape index (κ1) is 20.9. The molecule has 4 rings (SSSR count). The first-order chi connectivity index (χ1) is 15.0. The lowest BCUT2D eigenvalue weighted by atomic mass is 10.1. The molecular formula is C25H20BrNO4. The number of Topliss-reactive ketones (excluding diaryl/α,β-unsaturated/α-hetero) is 1. The summed E-state index contributed by atoms with van der Waals surface area (Å²) in [5.41, 5.74) is 3.61. The maximum absolute atomic E-state index is 13.3. The van der Waals surface area contributed by atoms with Gasteiger partial charge in [0.05, 0.1) is 28.2 Å². The van der Waals surface area contributed by atoms with Gasteiger partial charge >= 0.3 is 0 Å². The van der Waals surface area contributed by atoms with E-state index in [1.807, 2.05) is 54.0 Å². The molecule has 0 atom stereocenters. The van der Waals surface area contributed by atoms with Gasteiger partial charge in [-0.1, -0.05) is 30.3 Å². The molecule has 1 aromatic heterocycles. The lowest BCUT2D eigenvalue weighted by Crippen LogP contribution is -2.13. The molecule has 0 aliphatic carbocycles. The van der Waals surface area contributed by atoms with E-state index in [2.05, 4.69) is 15.9 Å². The van der Waals surface area contributed by atoms with Crippen LogP contribution in [0.15, 0.2) is 71.2 Å². The molecular weight excluding hydrogens is 458 g/mol. The summed E-state index contributed by atoms with van der Waals surface area (Å²) in [6, 6.07) is 20.5. The maximum Gasteiger partial charge on any atom is 0.202 e. The Bertz CT molecular complexity index is 1280. The molecule has 0 spiro atoms. The Morgan fingerprint density at radius 2 is 1.74 bits per heavy atom. The number of carbonyl (C=O) groups is 2. The number of aromatic nitrogens is 1. The van der Waals surface area contributed by atoms with E-state index in [1.54, 1.807) is 31.4 Å². The van der Waals surface area contributed by atoms with Crippen LogP contribution in [0, 0.1) is 6.92 Å². The van der Waals surface area contributed by atoms with E-state index in [0.29, 0.717) is 28.9 Å².